The van der Waals surface area contributed by atoms with E-state index in [1.54, 1.807) is 6.07 Å². The fourth-order valence-corrected chi connectivity index (χ4v) is 1.97. The Morgan fingerprint density at radius 2 is 1.75 bits per heavy atom. The summed E-state index contributed by atoms with van der Waals surface area (Å²) >= 11 is 3.04. The molecule has 1 aromatic rings. The van der Waals surface area contributed by atoms with Crippen LogP contribution in [-0.2, 0) is 15.7 Å². The van der Waals surface area contributed by atoms with Crippen molar-refractivity contribution in [1.82, 2.24) is 0 Å². The van der Waals surface area contributed by atoms with Gasteiger partial charge in [-0.05, 0) is 18.2 Å². The summed E-state index contributed by atoms with van der Waals surface area (Å²) in [6.45, 7) is 0.803. The predicted octanol–water partition coefficient (Wildman–Crippen LogP) is 3.51. The monoisotopic (exact) mass is 296 g/mol. The van der Waals surface area contributed by atoms with Crippen molar-refractivity contribution in [3.05, 3.63) is 33.8 Å². The summed E-state index contributed by atoms with van der Waals surface area (Å²) in [6, 6.07) is 3.63. The van der Waals surface area contributed by atoms with Crippen LogP contribution in [0.3, 0.4) is 0 Å². The molecule has 0 amide bonds. The number of hydrogen-bond acceptors (Lipinski definition) is 2. The highest BCUT2D eigenvalue weighted by atomic mass is 79.9. The molecule has 1 heterocycles. The zero-order valence-electron chi connectivity index (χ0n) is 8.05. The Bertz CT molecular complexity index is 386. The van der Waals surface area contributed by atoms with Gasteiger partial charge in [0.1, 0.15) is 0 Å². The minimum Gasteiger partial charge on any atom is -0.346 e. The van der Waals surface area contributed by atoms with E-state index in [1.807, 2.05) is 0 Å². The lowest BCUT2D eigenvalue weighted by Crippen LogP contribution is -2.07. The molecule has 0 aromatic heterocycles. The molecule has 1 fully saturated rings. The smallest absolute Gasteiger partial charge is 0.346 e. The van der Waals surface area contributed by atoms with E-state index in [2.05, 4.69) is 15.9 Å². The Morgan fingerprint density at radius 3 is 2.31 bits per heavy atom. The first-order valence-corrected chi connectivity index (χ1v) is 5.37. The van der Waals surface area contributed by atoms with Gasteiger partial charge in [-0.2, -0.15) is 13.2 Å². The van der Waals surface area contributed by atoms with E-state index in [0.29, 0.717) is 23.2 Å². The fraction of sp³-hybridized carbons (Fsp3) is 0.400. The number of ether oxygens (including phenoxy) is 2. The van der Waals surface area contributed by atoms with Gasteiger partial charge >= 0.3 is 6.18 Å². The van der Waals surface area contributed by atoms with Gasteiger partial charge in [-0.1, -0.05) is 15.9 Å². The molecule has 0 aliphatic carbocycles. The maximum absolute atomic E-state index is 12.5. The van der Waals surface area contributed by atoms with Crippen LogP contribution >= 0.6 is 15.9 Å². The van der Waals surface area contributed by atoms with Gasteiger partial charge in [0.05, 0.1) is 18.8 Å². The predicted molar refractivity (Wildman–Crippen MR) is 53.8 cm³/mol. The lowest BCUT2D eigenvalue weighted by atomic mass is 10.1. The summed E-state index contributed by atoms with van der Waals surface area (Å²) in [4.78, 5) is 0. The van der Waals surface area contributed by atoms with E-state index in [0.717, 1.165) is 12.1 Å². The van der Waals surface area contributed by atoms with Crippen molar-refractivity contribution in [2.75, 3.05) is 13.2 Å². The van der Waals surface area contributed by atoms with Gasteiger partial charge in [-0.15, -0.1) is 0 Å². The number of hydrogen-bond donors (Lipinski definition) is 0. The molecule has 1 saturated heterocycles. The number of halogens is 4. The van der Waals surface area contributed by atoms with Crippen molar-refractivity contribution in [1.29, 1.82) is 0 Å². The van der Waals surface area contributed by atoms with Crippen LogP contribution in [0.5, 0.6) is 0 Å². The van der Waals surface area contributed by atoms with Crippen LogP contribution in [0.4, 0.5) is 13.2 Å². The highest BCUT2D eigenvalue weighted by Gasteiger charge is 2.32. The summed E-state index contributed by atoms with van der Waals surface area (Å²) in [5.74, 6) is 0. The molecule has 0 atom stereocenters. The first kappa shape index (κ1) is 11.9. The van der Waals surface area contributed by atoms with Gasteiger partial charge in [-0.3, -0.25) is 0 Å². The molecule has 0 N–H and O–H groups in total. The second-order valence-corrected chi connectivity index (χ2v) is 4.26. The van der Waals surface area contributed by atoms with Crippen LogP contribution in [0.25, 0.3) is 0 Å². The quantitative estimate of drug-likeness (QED) is 0.789. The number of benzene rings is 1. The molecule has 0 unspecified atom stereocenters. The molecule has 1 aromatic carbocycles. The van der Waals surface area contributed by atoms with E-state index < -0.39 is 18.0 Å². The third-order valence-electron chi connectivity index (χ3n) is 2.14. The normalized spacial score (nSPS) is 18.0. The van der Waals surface area contributed by atoms with E-state index >= 15 is 0 Å². The highest BCUT2D eigenvalue weighted by Crippen LogP contribution is 2.35. The summed E-state index contributed by atoms with van der Waals surface area (Å²) in [5, 5.41) is 0. The maximum atomic E-state index is 12.5. The lowest BCUT2D eigenvalue weighted by molar-refractivity contribution is -0.137. The molecular formula is C10H8BrF3O2. The van der Waals surface area contributed by atoms with Crippen LogP contribution in [0.2, 0.25) is 0 Å². The largest absolute Gasteiger partial charge is 0.416 e. The molecule has 1 aliphatic rings. The number of alkyl halides is 3. The third-order valence-corrected chi connectivity index (χ3v) is 2.60. The van der Waals surface area contributed by atoms with E-state index in [9.17, 15) is 13.2 Å². The minimum absolute atomic E-state index is 0.358. The van der Waals surface area contributed by atoms with Gasteiger partial charge in [0.15, 0.2) is 6.29 Å². The van der Waals surface area contributed by atoms with Crippen molar-refractivity contribution >= 4 is 15.9 Å². The summed E-state index contributed by atoms with van der Waals surface area (Å²) in [6.07, 6.45) is -5.06. The van der Waals surface area contributed by atoms with Gasteiger partial charge in [-0.25, -0.2) is 0 Å². The van der Waals surface area contributed by atoms with Crippen molar-refractivity contribution in [2.24, 2.45) is 0 Å². The molecule has 0 bridgehead atoms. The van der Waals surface area contributed by atoms with Gasteiger partial charge in [0.25, 0.3) is 0 Å². The molecule has 0 spiro atoms. The molecular weight excluding hydrogens is 289 g/mol. The first-order chi connectivity index (χ1) is 7.47. The zero-order valence-corrected chi connectivity index (χ0v) is 9.64. The topological polar surface area (TPSA) is 18.5 Å². The highest BCUT2D eigenvalue weighted by molar-refractivity contribution is 9.10. The van der Waals surface area contributed by atoms with Crippen molar-refractivity contribution in [3.8, 4) is 0 Å². The molecule has 2 rings (SSSR count). The molecule has 6 heteroatoms. The molecule has 2 nitrogen and oxygen atoms in total. The average molecular weight is 297 g/mol. The van der Waals surface area contributed by atoms with Gasteiger partial charge < -0.3 is 9.47 Å². The Labute approximate surface area is 98.5 Å². The Balaban J connectivity index is 2.35. The fourth-order valence-electron chi connectivity index (χ4n) is 1.46. The Hall–Kier alpha value is -0.590. The molecule has 16 heavy (non-hydrogen) atoms. The van der Waals surface area contributed by atoms with Crippen molar-refractivity contribution < 1.29 is 22.6 Å². The lowest BCUT2D eigenvalue weighted by Gasteiger charge is -2.13. The van der Waals surface area contributed by atoms with Crippen LogP contribution in [0, 0.1) is 0 Å². The summed E-state index contributed by atoms with van der Waals surface area (Å²) in [5.41, 5.74) is -0.338. The van der Waals surface area contributed by atoms with Gasteiger partial charge in [0, 0.05) is 10.0 Å². The maximum Gasteiger partial charge on any atom is 0.416 e. The van der Waals surface area contributed by atoms with Crippen LogP contribution in [-0.4, -0.2) is 13.2 Å². The summed E-state index contributed by atoms with van der Waals surface area (Å²) in [7, 11) is 0. The SMILES string of the molecule is FC(F)(F)c1cc(Br)cc(C2OCCO2)c1. The second-order valence-electron chi connectivity index (χ2n) is 3.34. The summed E-state index contributed by atoms with van der Waals surface area (Å²) < 4.78 is 48.3. The van der Waals surface area contributed by atoms with E-state index in [1.165, 1.54) is 0 Å². The Morgan fingerprint density at radius 1 is 1.12 bits per heavy atom. The van der Waals surface area contributed by atoms with Crippen LogP contribution in [0.15, 0.2) is 22.7 Å². The first-order valence-electron chi connectivity index (χ1n) is 4.58. The zero-order chi connectivity index (χ0) is 11.8. The molecule has 0 saturated carbocycles. The standard InChI is InChI=1S/C10H8BrF3O2/c11-8-4-6(9-15-1-2-16-9)3-7(5-8)10(12,13)14/h3-5,9H,1-2H2. The van der Waals surface area contributed by atoms with Crippen LogP contribution < -0.4 is 0 Å². The van der Waals surface area contributed by atoms with Crippen molar-refractivity contribution in [2.45, 2.75) is 12.5 Å². The Kier molecular flexibility index (Phi) is 3.23. The minimum atomic E-state index is -4.36. The third kappa shape index (κ3) is 2.56. The average Bonchev–Trinajstić information content (AvgIpc) is 2.68. The molecule has 0 radical (unpaired) electrons. The van der Waals surface area contributed by atoms with Crippen LogP contribution in [0.1, 0.15) is 17.4 Å². The molecule has 1 aliphatic heterocycles. The molecule has 88 valence electrons. The van der Waals surface area contributed by atoms with Crippen molar-refractivity contribution in [3.63, 3.8) is 0 Å². The number of rotatable bonds is 1. The van der Waals surface area contributed by atoms with E-state index in [4.69, 9.17) is 9.47 Å². The van der Waals surface area contributed by atoms with E-state index in [-0.39, 0.29) is 0 Å². The second kappa shape index (κ2) is 4.35. The van der Waals surface area contributed by atoms with Gasteiger partial charge in [0.2, 0.25) is 0 Å².